The van der Waals surface area contributed by atoms with Gasteiger partial charge in [0.05, 0.1) is 0 Å². The number of rotatable bonds is 5. The van der Waals surface area contributed by atoms with E-state index in [1.54, 1.807) is 23.9 Å². The average Bonchev–Trinajstić information content (AvgIpc) is 2.26. The topological polar surface area (TPSA) is 49.3 Å². The number of hydrogen-bond acceptors (Lipinski definition) is 3. The van der Waals surface area contributed by atoms with Gasteiger partial charge in [-0.25, -0.2) is 0 Å². The Balaban J connectivity index is 2.20. The van der Waals surface area contributed by atoms with Gasteiger partial charge in [0.1, 0.15) is 5.75 Å². The molecule has 0 saturated carbocycles. The van der Waals surface area contributed by atoms with E-state index < -0.39 is 0 Å². The van der Waals surface area contributed by atoms with Crippen molar-refractivity contribution in [2.75, 3.05) is 12.3 Å². The predicted octanol–water partition coefficient (Wildman–Crippen LogP) is 2.01. The summed E-state index contributed by atoms with van der Waals surface area (Å²) in [5, 5.41) is 11.9. The molecule has 0 aliphatic rings. The summed E-state index contributed by atoms with van der Waals surface area (Å²) in [4.78, 5) is 12.0. The van der Waals surface area contributed by atoms with Crippen molar-refractivity contribution in [3.63, 3.8) is 0 Å². The molecule has 0 aliphatic carbocycles. The third-order valence-corrected chi connectivity index (χ3v) is 2.86. The summed E-state index contributed by atoms with van der Waals surface area (Å²) in [6.45, 7) is 2.51. The van der Waals surface area contributed by atoms with Crippen LogP contribution in [0, 0.1) is 0 Å². The van der Waals surface area contributed by atoms with Crippen LogP contribution >= 0.6 is 11.8 Å². The van der Waals surface area contributed by atoms with Gasteiger partial charge in [-0.05, 0) is 24.3 Å². The minimum absolute atomic E-state index is 0.0845. The van der Waals surface area contributed by atoms with Crippen molar-refractivity contribution >= 4 is 17.7 Å². The van der Waals surface area contributed by atoms with Gasteiger partial charge in [0.25, 0.3) is 0 Å². The highest BCUT2D eigenvalue weighted by atomic mass is 32.2. The Morgan fingerprint density at radius 3 is 2.67 bits per heavy atom. The molecule has 0 atom stereocenters. The van der Waals surface area contributed by atoms with Crippen LogP contribution in [-0.2, 0) is 4.79 Å². The highest BCUT2D eigenvalue weighted by Gasteiger charge is 1.97. The quantitative estimate of drug-likeness (QED) is 0.595. The van der Waals surface area contributed by atoms with Gasteiger partial charge in [-0.15, -0.1) is 11.8 Å². The number of benzene rings is 1. The Bertz CT molecular complexity index is 311. The Morgan fingerprint density at radius 1 is 1.40 bits per heavy atom. The van der Waals surface area contributed by atoms with Crippen molar-refractivity contribution in [3.8, 4) is 5.75 Å². The zero-order chi connectivity index (χ0) is 11.1. The lowest BCUT2D eigenvalue weighted by Crippen LogP contribution is -2.24. The maximum absolute atomic E-state index is 10.9. The Labute approximate surface area is 93.9 Å². The van der Waals surface area contributed by atoms with E-state index in [9.17, 15) is 4.79 Å². The van der Waals surface area contributed by atoms with Gasteiger partial charge >= 0.3 is 0 Å². The molecule has 2 N–H and O–H groups in total. The average molecular weight is 225 g/mol. The molecule has 1 aromatic carbocycles. The van der Waals surface area contributed by atoms with Crippen LogP contribution in [0.25, 0.3) is 0 Å². The van der Waals surface area contributed by atoms with Crippen LogP contribution < -0.4 is 5.32 Å². The SMILES string of the molecule is CCC(=O)NCCSc1ccc(O)cc1. The van der Waals surface area contributed by atoms with E-state index >= 15 is 0 Å². The first-order chi connectivity index (χ1) is 7.22. The number of phenols is 1. The fourth-order valence-corrected chi connectivity index (χ4v) is 1.80. The fraction of sp³-hybridized carbons (Fsp3) is 0.364. The summed E-state index contributed by atoms with van der Waals surface area (Å²) in [7, 11) is 0. The van der Waals surface area contributed by atoms with Crippen molar-refractivity contribution in [2.24, 2.45) is 0 Å². The standard InChI is InChI=1S/C11H15NO2S/c1-2-11(14)12-7-8-15-10-5-3-9(13)4-6-10/h3-6,13H,2,7-8H2,1H3,(H,12,14). The Kier molecular flexibility index (Phi) is 5.04. The third kappa shape index (κ3) is 4.74. The molecule has 0 aromatic heterocycles. The monoisotopic (exact) mass is 225 g/mol. The lowest BCUT2D eigenvalue weighted by atomic mass is 10.3. The summed E-state index contributed by atoms with van der Waals surface area (Å²) in [5.74, 6) is 1.20. The third-order valence-electron chi connectivity index (χ3n) is 1.85. The van der Waals surface area contributed by atoms with Gasteiger partial charge in [-0.2, -0.15) is 0 Å². The predicted molar refractivity (Wildman–Crippen MR) is 62.1 cm³/mol. The molecule has 0 fully saturated rings. The molecule has 0 unspecified atom stereocenters. The number of hydrogen-bond donors (Lipinski definition) is 2. The van der Waals surface area contributed by atoms with Gasteiger partial charge in [0, 0.05) is 23.6 Å². The van der Waals surface area contributed by atoms with Crippen LogP contribution in [0.1, 0.15) is 13.3 Å². The minimum atomic E-state index is 0.0845. The van der Waals surface area contributed by atoms with Gasteiger partial charge in [0.2, 0.25) is 5.91 Å². The van der Waals surface area contributed by atoms with Crippen molar-refractivity contribution in [2.45, 2.75) is 18.2 Å². The van der Waals surface area contributed by atoms with Crippen molar-refractivity contribution in [1.82, 2.24) is 5.32 Å². The van der Waals surface area contributed by atoms with Crippen molar-refractivity contribution in [1.29, 1.82) is 0 Å². The van der Waals surface area contributed by atoms with Crippen LogP contribution in [0.15, 0.2) is 29.2 Å². The van der Waals surface area contributed by atoms with Crippen molar-refractivity contribution < 1.29 is 9.90 Å². The molecular formula is C11H15NO2S. The molecule has 15 heavy (non-hydrogen) atoms. The number of amides is 1. The number of carbonyl (C=O) groups excluding carboxylic acids is 1. The van der Waals surface area contributed by atoms with Crippen LogP contribution in [0.2, 0.25) is 0 Å². The van der Waals surface area contributed by atoms with E-state index in [4.69, 9.17) is 5.11 Å². The maximum Gasteiger partial charge on any atom is 0.219 e. The molecule has 0 aliphatic heterocycles. The zero-order valence-electron chi connectivity index (χ0n) is 8.69. The first-order valence-corrected chi connectivity index (χ1v) is 5.89. The molecule has 0 heterocycles. The van der Waals surface area contributed by atoms with Crippen LogP contribution in [0.5, 0.6) is 5.75 Å². The Morgan fingerprint density at radius 2 is 2.07 bits per heavy atom. The van der Waals surface area contributed by atoms with E-state index in [0.29, 0.717) is 13.0 Å². The van der Waals surface area contributed by atoms with Gasteiger partial charge in [-0.1, -0.05) is 6.92 Å². The van der Waals surface area contributed by atoms with E-state index in [-0.39, 0.29) is 11.7 Å². The maximum atomic E-state index is 10.9. The number of aromatic hydroxyl groups is 1. The molecular weight excluding hydrogens is 210 g/mol. The minimum Gasteiger partial charge on any atom is -0.508 e. The van der Waals surface area contributed by atoms with E-state index in [2.05, 4.69) is 5.32 Å². The van der Waals surface area contributed by atoms with Crippen molar-refractivity contribution in [3.05, 3.63) is 24.3 Å². The summed E-state index contributed by atoms with van der Waals surface area (Å²) >= 11 is 1.66. The molecule has 3 nitrogen and oxygen atoms in total. The van der Waals surface area contributed by atoms with Crippen LogP contribution in [-0.4, -0.2) is 23.3 Å². The second kappa shape index (κ2) is 6.35. The lowest BCUT2D eigenvalue weighted by Gasteiger charge is -2.03. The summed E-state index contributed by atoms with van der Waals surface area (Å²) < 4.78 is 0. The molecule has 0 saturated heterocycles. The summed E-state index contributed by atoms with van der Waals surface area (Å²) in [5.41, 5.74) is 0. The first kappa shape index (κ1) is 11.9. The molecule has 0 radical (unpaired) electrons. The molecule has 1 aromatic rings. The smallest absolute Gasteiger partial charge is 0.219 e. The molecule has 1 rings (SSSR count). The molecule has 0 spiro atoms. The fourth-order valence-electron chi connectivity index (χ4n) is 1.03. The number of phenolic OH excluding ortho intramolecular Hbond substituents is 1. The normalized spacial score (nSPS) is 9.93. The highest BCUT2D eigenvalue weighted by molar-refractivity contribution is 7.99. The largest absolute Gasteiger partial charge is 0.508 e. The molecule has 0 bridgehead atoms. The van der Waals surface area contributed by atoms with E-state index in [0.717, 1.165) is 10.6 Å². The summed E-state index contributed by atoms with van der Waals surface area (Å²) in [6, 6.07) is 7.04. The molecule has 82 valence electrons. The molecule has 1 amide bonds. The van der Waals surface area contributed by atoms with Crippen LogP contribution in [0.3, 0.4) is 0 Å². The van der Waals surface area contributed by atoms with Gasteiger partial charge in [-0.3, -0.25) is 4.79 Å². The number of nitrogens with one attached hydrogen (secondary N) is 1. The first-order valence-electron chi connectivity index (χ1n) is 4.91. The second-order valence-electron chi connectivity index (χ2n) is 3.05. The van der Waals surface area contributed by atoms with E-state index in [1.165, 1.54) is 0 Å². The number of carbonyl (C=O) groups is 1. The second-order valence-corrected chi connectivity index (χ2v) is 4.21. The number of thioether (sulfide) groups is 1. The van der Waals surface area contributed by atoms with Gasteiger partial charge in [0.15, 0.2) is 0 Å². The zero-order valence-corrected chi connectivity index (χ0v) is 9.51. The highest BCUT2D eigenvalue weighted by Crippen LogP contribution is 2.19. The lowest BCUT2D eigenvalue weighted by molar-refractivity contribution is -0.120. The van der Waals surface area contributed by atoms with Gasteiger partial charge < -0.3 is 10.4 Å². The molecule has 4 heteroatoms. The summed E-state index contributed by atoms with van der Waals surface area (Å²) in [6.07, 6.45) is 0.532. The van der Waals surface area contributed by atoms with E-state index in [1.807, 2.05) is 19.1 Å². The Hall–Kier alpha value is -1.16. The van der Waals surface area contributed by atoms with Crippen LogP contribution in [0.4, 0.5) is 0 Å².